The summed E-state index contributed by atoms with van der Waals surface area (Å²) in [6.07, 6.45) is 2.78. The Balaban J connectivity index is 1.82. The second-order valence-corrected chi connectivity index (χ2v) is 3.79. The zero-order valence-electron chi connectivity index (χ0n) is 8.89. The van der Waals surface area contributed by atoms with E-state index in [-0.39, 0.29) is 0 Å². The average molecular weight is 238 g/mol. The SMILES string of the molecule is Cn1ccc(CCNc2ccc(Cl)nn2)n1. The van der Waals surface area contributed by atoms with E-state index in [1.54, 1.807) is 16.8 Å². The van der Waals surface area contributed by atoms with Crippen molar-refractivity contribution in [2.45, 2.75) is 6.42 Å². The van der Waals surface area contributed by atoms with Crippen LogP contribution in [-0.2, 0) is 13.5 Å². The Labute approximate surface area is 98.5 Å². The molecule has 2 aromatic heterocycles. The zero-order chi connectivity index (χ0) is 11.4. The van der Waals surface area contributed by atoms with Crippen molar-refractivity contribution in [2.24, 2.45) is 7.05 Å². The molecule has 0 aliphatic carbocycles. The van der Waals surface area contributed by atoms with Crippen molar-refractivity contribution in [1.29, 1.82) is 0 Å². The molecule has 0 saturated heterocycles. The lowest BCUT2D eigenvalue weighted by atomic mass is 10.3. The maximum absolute atomic E-state index is 5.63. The van der Waals surface area contributed by atoms with E-state index < -0.39 is 0 Å². The number of hydrogen-bond donors (Lipinski definition) is 1. The summed E-state index contributed by atoms with van der Waals surface area (Å²) in [4.78, 5) is 0. The molecule has 0 spiro atoms. The van der Waals surface area contributed by atoms with Crippen molar-refractivity contribution in [2.75, 3.05) is 11.9 Å². The molecule has 0 saturated carbocycles. The lowest BCUT2D eigenvalue weighted by molar-refractivity contribution is 0.741. The highest BCUT2D eigenvalue weighted by Crippen LogP contribution is 2.06. The largest absolute Gasteiger partial charge is 0.368 e. The van der Waals surface area contributed by atoms with E-state index in [1.165, 1.54) is 0 Å². The predicted octanol–water partition coefficient (Wildman–Crippen LogP) is 1.52. The topological polar surface area (TPSA) is 55.6 Å². The van der Waals surface area contributed by atoms with Crippen LogP contribution >= 0.6 is 11.6 Å². The van der Waals surface area contributed by atoms with Crippen LogP contribution in [0.5, 0.6) is 0 Å². The molecule has 0 bridgehead atoms. The molecule has 0 fully saturated rings. The van der Waals surface area contributed by atoms with Crippen molar-refractivity contribution in [3.63, 3.8) is 0 Å². The molecule has 0 radical (unpaired) electrons. The third-order valence-corrected chi connectivity index (χ3v) is 2.29. The number of nitrogens with zero attached hydrogens (tertiary/aromatic N) is 4. The number of nitrogens with one attached hydrogen (secondary N) is 1. The van der Waals surface area contributed by atoms with Gasteiger partial charge in [-0.1, -0.05) is 11.6 Å². The lowest BCUT2D eigenvalue weighted by Gasteiger charge is -2.02. The number of anilines is 1. The molecule has 16 heavy (non-hydrogen) atoms. The Morgan fingerprint density at radius 2 is 2.19 bits per heavy atom. The van der Waals surface area contributed by atoms with Crippen LogP contribution in [0.3, 0.4) is 0 Å². The summed E-state index contributed by atoms with van der Waals surface area (Å²) >= 11 is 5.63. The summed E-state index contributed by atoms with van der Waals surface area (Å²) in [7, 11) is 1.90. The van der Waals surface area contributed by atoms with E-state index >= 15 is 0 Å². The van der Waals surface area contributed by atoms with Gasteiger partial charge in [-0.3, -0.25) is 4.68 Å². The van der Waals surface area contributed by atoms with Gasteiger partial charge in [0, 0.05) is 26.2 Å². The van der Waals surface area contributed by atoms with Crippen molar-refractivity contribution in [1.82, 2.24) is 20.0 Å². The van der Waals surface area contributed by atoms with Crippen LogP contribution in [-0.4, -0.2) is 26.5 Å². The summed E-state index contributed by atoms with van der Waals surface area (Å²) in [5.41, 5.74) is 1.05. The molecule has 0 amide bonds. The van der Waals surface area contributed by atoms with Gasteiger partial charge in [0.05, 0.1) is 5.69 Å². The minimum absolute atomic E-state index is 0.398. The number of rotatable bonds is 4. The van der Waals surface area contributed by atoms with Gasteiger partial charge in [-0.2, -0.15) is 5.10 Å². The fourth-order valence-corrected chi connectivity index (χ4v) is 1.43. The smallest absolute Gasteiger partial charge is 0.151 e. The van der Waals surface area contributed by atoms with E-state index in [0.717, 1.165) is 24.5 Å². The van der Waals surface area contributed by atoms with Gasteiger partial charge in [0.25, 0.3) is 0 Å². The summed E-state index contributed by atoms with van der Waals surface area (Å²) in [5.74, 6) is 0.723. The summed E-state index contributed by atoms with van der Waals surface area (Å²) in [5, 5.41) is 15.5. The van der Waals surface area contributed by atoms with Crippen molar-refractivity contribution in [3.8, 4) is 0 Å². The van der Waals surface area contributed by atoms with Crippen LogP contribution in [0.15, 0.2) is 24.4 Å². The molecule has 0 aromatic carbocycles. The highest BCUT2D eigenvalue weighted by molar-refractivity contribution is 6.29. The third kappa shape index (κ3) is 2.93. The summed E-state index contributed by atoms with van der Waals surface area (Å²) in [6, 6.07) is 5.50. The van der Waals surface area contributed by atoms with Crippen molar-refractivity contribution >= 4 is 17.4 Å². The van der Waals surface area contributed by atoms with Crippen molar-refractivity contribution < 1.29 is 0 Å². The molecule has 2 rings (SSSR count). The van der Waals surface area contributed by atoms with Crippen LogP contribution in [0.25, 0.3) is 0 Å². The first kappa shape index (κ1) is 10.9. The number of halogens is 1. The van der Waals surface area contributed by atoms with Gasteiger partial charge >= 0.3 is 0 Å². The zero-order valence-corrected chi connectivity index (χ0v) is 9.65. The minimum atomic E-state index is 0.398. The fraction of sp³-hybridized carbons (Fsp3) is 0.300. The molecule has 0 aliphatic heterocycles. The Bertz CT molecular complexity index is 450. The van der Waals surface area contributed by atoms with E-state index in [4.69, 9.17) is 11.6 Å². The van der Waals surface area contributed by atoms with Crippen LogP contribution in [0.2, 0.25) is 5.15 Å². The first-order valence-electron chi connectivity index (χ1n) is 4.96. The molecule has 5 nitrogen and oxygen atoms in total. The average Bonchev–Trinajstić information content (AvgIpc) is 2.67. The van der Waals surface area contributed by atoms with Gasteiger partial charge in [0.15, 0.2) is 5.15 Å². The first-order chi connectivity index (χ1) is 7.74. The van der Waals surface area contributed by atoms with Crippen molar-refractivity contribution in [3.05, 3.63) is 35.2 Å². The van der Waals surface area contributed by atoms with Gasteiger partial charge in [0.1, 0.15) is 5.82 Å². The highest BCUT2D eigenvalue weighted by Gasteiger charge is 1.98. The summed E-state index contributed by atoms with van der Waals surface area (Å²) < 4.78 is 1.79. The molecule has 0 aliphatic rings. The van der Waals surface area contributed by atoms with Gasteiger partial charge in [-0.15, -0.1) is 10.2 Å². The van der Waals surface area contributed by atoms with Gasteiger partial charge in [-0.05, 0) is 18.2 Å². The van der Waals surface area contributed by atoms with E-state index in [9.17, 15) is 0 Å². The van der Waals surface area contributed by atoms with Gasteiger partial charge in [0.2, 0.25) is 0 Å². The second-order valence-electron chi connectivity index (χ2n) is 3.40. The molecule has 6 heteroatoms. The predicted molar refractivity (Wildman–Crippen MR) is 62.4 cm³/mol. The Kier molecular flexibility index (Phi) is 3.36. The molecule has 84 valence electrons. The maximum Gasteiger partial charge on any atom is 0.151 e. The molecule has 2 aromatic rings. The van der Waals surface area contributed by atoms with Crippen LogP contribution in [0.1, 0.15) is 5.69 Å². The van der Waals surface area contributed by atoms with Crippen LogP contribution in [0.4, 0.5) is 5.82 Å². The number of aromatic nitrogens is 4. The second kappa shape index (κ2) is 4.94. The summed E-state index contributed by atoms with van der Waals surface area (Å²) in [6.45, 7) is 0.771. The lowest BCUT2D eigenvalue weighted by Crippen LogP contribution is -2.07. The number of aryl methyl sites for hydroxylation is 1. The van der Waals surface area contributed by atoms with Crippen LogP contribution in [0, 0.1) is 0 Å². The Hall–Kier alpha value is -1.62. The molecular formula is C10H12ClN5. The molecule has 0 atom stereocenters. The van der Waals surface area contributed by atoms with E-state index in [2.05, 4.69) is 20.6 Å². The Morgan fingerprint density at radius 1 is 1.31 bits per heavy atom. The normalized spacial score (nSPS) is 10.4. The molecular weight excluding hydrogens is 226 g/mol. The highest BCUT2D eigenvalue weighted by atomic mass is 35.5. The minimum Gasteiger partial charge on any atom is -0.368 e. The molecule has 1 N–H and O–H groups in total. The number of hydrogen-bond acceptors (Lipinski definition) is 4. The molecule has 0 unspecified atom stereocenters. The molecule has 2 heterocycles. The van der Waals surface area contributed by atoms with Gasteiger partial charge in [-0.25, -0.2) is 0 Å². The fourth-order valence-electron chi connectivity index (χ4n) is 1.33. The third-order valence-electron chi connectivity index (χ3n) is 2.09. The monoisotopic (exact) mass is 237 g/mol. The first-order valence-corrected chi connectivity index (χ1v) is 5.33. The quantitative estimate of drug-likeness (QED) is 0.876. The van der Waals surface area contributed by atoms with E-state index in [0.29, 0.717) is 5.15 Å². The standard InChI is InChI=1S/C10H12ClN5/c1-16-7-5-8(15-16)4-6-12-10-3-2-9(11)13-14-10/h2-3,5,7H,4,6H2,1H3,(H,12,14). The Morgan fingerprint density at radius 3 is 2.81 bits per heavy atom. The van der Waals surface area contributed by atoms with E-state index in [1.807, 2.05) is 19.3 Å². The van der Waals surface area contributed by atoms with Gasteiger partial charge < -0.3 is 5.32 Å². The maximum atomic E-state index is 5.63. The van der Waals surface area contributed by atoms with Crippen LogP contribution < -0.4 is 5.32 Å².